The summed E-state index contributed by atoms with van der Waals surface area (Å²) in [6.45, 7) is 0.218. The number of amidine groups is 1. The van der Waals surface area contributed by atoms with E-state index in [0.717, 1.165) is 11.3 Å². The van der Waals surface area contributed by atoms with Crippen LogP contribution in [-0.2, 0) is 0 Å². The Labute approximate surface area is 155 Å². The molecular formula is C19H17FN6O. The number of aliphatic imine (C=N–C) groups is 1. The monoisotopic (exact) mass is 364 g/mol. The lowest BCUT2D eigenvalue weighted by Gasteiger charge is -2.44. The Hall–Kier alpha value is -3.47. The van der Waals surface area contributed by atoms with E-state index in [-0.39, 0.29) is 18.1 Å². The molecule has 0 unspecified atom stereocenters. The highest BCUT2D eigenvalue weighted by molar-refractivity contribution is 6.04. The van der Waals surface area contributed by atoms with Gasteiger partial charge in [0, 0.05) is 30.4 Å². The second kappa shape index (κ2) is 6.36. The molecule has 8 heteroatoms. The van der Waals surface area contributed by atoms with Gasteiger partial charge in [-0.15, -0.1) is 0 Å². The number of anilines is 1. The highest BCUT2D eigenvalue weighted by atomic mass is 19.1. The number of likely N-dealkylation sites (tertiary alicyclic amines) is 1. The largest absolute Gasteiger partial charge is 0.383 e. The van der Waals surface area contributed by atoms with Crippen molar-refractivity contribution in [1.29, 1.82) is 5.26 Å². The van der Waals surface area contributed by atoms with Crippen molar-refractivity contribution in [2.45, 2.75) is 18.3 Å². The summed E-state index contributed by atoms with van der Waals surface area (Å²) in [5.41, 5.74) is 6.92. The number of halogens is 1. The lowest BCUT2D eigenvalue weighted by molar-refractivity contribution is 0.0494. The SMILES string of the molecule is N#Cc1ccc(C(=O)N2CC[C@]3(N=C(N)c4ccccc4N3)[C@@H](F)C2)cn1. The zero-order chi connectivity index (χ0) is 19.0. The predicted molar refractivity (Wildman–Crippen MR) is 97.9 cm³/mol. The molecule has 4 rings (SSSR count). The van der Waals surface area contributed by atoms with Gasteiger partial charge in [0.25, 0.3) is 5.91 Å². The first-order valence-electron chi connectivity index (χ1n) is 8.55. The van der Waals surface area contributed by atoms with E-state index in [1.54, 1.807) is 0 Å². The zero-order valence-corrected chi connectivity index (χ0v) is 14.4. The van der Waals surface area contributed by atoms with Gasteiger partial charge >= 0.3 is 0 Å². The third kappa shape index (κ3) is 2.87. The average Bonchev–Trinajstić information content (AvgIpc) is 2.70. The first-order chi connectivity index (χ1) is 13.0. The fourth-order valence-corrected chi connectivity index (χ4v) is 3.47. The third-order valence-electron chi connectivity index (χ3n) is 4.95. The summed E-state index contributed by atoms with van der Waals surface area (Å²) >= 11 is 0. The molecule has 1 spiro atoms. The van der Waals surface area contributed by atoms with Gasteiger partial charge in [0.05, 0.1) is 12.1 Å². The lowest BCUT2D eigenvalue weighted by Crippen LogP contribution is -2.59. The minimum absolute atomic E-state index is 0.106. The van der Waals surface area contributed by atoms with Gasteiger partial charge < -0.3 is 16.0 Å². The van der Waals surface area contributed by atoms with Crippen molar-refractivity contribution < 1.29 is 9.18 Å². The number of nitrogens with one attached hydrogen (secondary N) is 1. The number of hydrogen-bond acceptors (Lipinski definition) is 6. The number of pyridine rings is 1. The first kappa shape index (κ1) is 17.0. The molecule has 1 saturated heterocycles. The number of rotatable bonds is 1. The molecule has 2 aliphatic heterocycles. The molecule has 1 aromatic heterocycles. The minimum atomic E-state index is -1.42. The number of piperidine rings is 1. The van der Waals surface area contributed by atoms with Crippen LogP contribution in [0.3, 0.4) is 0 Å². The molecule has 2 aliphatic rings. The van der Waals surface area contributed by atoms with Crippen molar-refractivity contribution in [3.63, 3.8) is 0 Å². The Morgan fingerprint density at radius 1 is 1.37 bits per heavy atom. The molecule has 27 heavy (non-hydrogen) atoms. The number of aromatic nitrogens is 1. The second-order valence-electron chi connectivity index (χ2n) is 6.60. The number of fused-ring (bicyclic) bond motifs is 1. The normalized spacial score (nSPS) is 23.8. The molecule has 0 saturated carbocycles. The maximum Gasteiger partial charge on any atom is 0.255 e. The number of benzene rings is 1. The van der Waals surface area contributed by atoms with E-state index in [1.807, 2.05) is 30.3 Å². The summed E-state index contributed by atoms with van der Waals surface area (Å²) in [6, 6.07) is 12.3. The topological polar surface area (TPSA) is 107 Å². The van der Waals surface area contributed by atoms with Gasteiger partial charge in [-0.1, -0.05) is 12.1 Å². The maximum atomic E-state index is 15.2. The van der Waals surface area contributed by atoms with E-state index in [0.29, 0.717) is 24.4 Å². The second-order valence-corrected chi connectivity index (χ2v) is 6.60. The number of carbonyl (C=O) groups excluding carboxylic acids is 1. The van der Waals surface area contributed by atoms with Crippen molar-refractivity contribution in [3.8, 4) is 6.07 Å². The molecule has 3 heterocycles. The highest BCUT2D eigenvalue weighted by Crippen LogP contribution is 2.36. The van der Waals surface area contributed by atoms with Crippen molar-refractivity contribution in [2.24, 2.45) is 10.7 Å². The summed E-state index contributed by atoms with van der Waals surface area (Å²) in [5.74, 6) is -0.0271. The number of nitriles is 1. The van der Waals surface area contributed by atoms with Crippen LogP contribution in [0.4, 0.5) is 10.1 Å². The van der Waals surface area contributed by atoms with Crippen LogP contribution in [-0.4, -0.2) is 46.6 Å². The highest BCUT2D eigenvalue weighted by Gasteiger charge is 2.47. The number of nitrogens with zero attached hydrogens (tertiary/aromatic N) is 4. The molecule has 2 aromatic rings. The predicted octanol–water partition coefficient (Wildman–Crippen LogP) is 1.66. The van der Waals surface area contributed by atoms with Crippen molar-refractivity contribution in [3.05, 3.63) is 59.4 Å². The van der Waals surface area contributed by atoms with Crippen molar-refractivity contribution >= 4 is 17.4 Å². The minimum Gasteiger partial charge on any atom is -0.383 e. The molecule has 0 aliphatic carbocycles. The quantitative estimate of drug-likeness (QED) is 0.800. The number of carbonyl (C=O) groups is 1. The van der Waals surface area contributed by atoms with E-state index in [1.165, 1.54) is 23.2 Å². The van der Waals surface area contributed by atoms with Gasteiger partial charge in [-0.2, -0.15) is 5.26 Å². The Balaban J connectivity index is 1.54. The molecule has 0 radical (unpaired) electrons. The van der Waals surface area contributed by atoms with Crippen LogP contribution in [0.15, 0.2) is 47.6 Å². The van der Waals surface area contributed by atoms with E-state index >= 15 is 4.39 Å². The molecule has 136 valence electrons. The van der Waals surface area contributed by atoms with Gasteiger partial charge in [-0.25, -0.2) is 14.4 Å². The van der Waals surface area contributed by atoms with Gasteiger partial charge in [-0.05, 0) is 24.3 Å². The van der Waals surface area contributed by atoms with E-state index < -0.39 is 11.8 Å². The van der Waals surface area contributed by atoms with Crippen molar-refractivity contribution in [1.82, 2.24) is 9.88 Å². The smallest absolute Gasteiger partial charge is 0.255 e. The van der Waals surface area contributed by atoms with Crippen LogP contribution in [0.2, 0.25) is 0 Å². The molecule has 1 amide bonds. The van der Waals surface area contributed by atoms with Gasteiger partial charge in [0.2, 0.25) is 0 Å². The van der Waals surface area contributed by atoms with Crippen molar-refractivity contribution in [2.75, 3.05) is 18.4 Å². The third-order valence-corrected chi connectivity index (χ3v) is 4.95. The molecule has 3 N–H and O–H groups in total. The molecule has 0 bridgehead atoms. The molecule has 1 fully saturated rings. The molecule has 2 atom stereocenters. The van der Waals surface area contributed by atoms with E-state index in [9.17, 15) is 4.79 Å². The van der Waals surface area contributed by atoms with Gasteiger partial charge in [0.15, 0.2) is 11.8 Å². The average molecular weight is 364 g/mol. The van der Waals surface area contributed by atoms with Crippen LogP contribution in [0, 0.1) is 11.3 Å². The van der Waals surface area contributed by atoms with Crippen LogP contribution in [0.5, 0.6) is 0 Å². The summed E-state index contributed by atoms with van der Waals surface area (Å²) in [4.78, 5) is 22.4. The Bertz CT molecular complexity index is 967. The summed E-state index contributed by atoms with van der Waals surface area (Å²) < 4.78 is 15.2. The molecule has 7 nitrogen and oxygen atoms in total. The first-order valence-corrected chi connectivity index (χ1v) is 8.55. The van der Waals surface area contributed by atoms with Crippen LogP contribution < -0.4 is 11.1 Å². The Morgan fingerprint density at radius 3 is 2.89 bits per heavy atom. The van der Waals surface area contributed by atoms with E-state index in [4.69, 9.17) is 11.0 Å². The fraction of sp³-hybridized carbons (Fsp3) is 0.263. The Morgan fingerprint density at radius 2 is 2.19 bits per heavy atom. The number of alkyl halides is 1. The van der Waals surface area contributed by atoms with Gasteiger partial charge in [-0.3, -0.25) is 4.79 Å². The van der Waals surface area contributed by atoms with Gasteiger partial charge in [0.1, 0.15) is 17.6 Å². The standard InChI is InChI=1S/C19H17FN6O/c20-16-11-26(18(27)12-5-6-13(9-21)23-10-12)8-7-19(16)24-15-4-2-1-3-14(15)17(22)25-19/h1-6,10,16,24H,7-8,11H2,(H2,22,25)/t16-,19-/m0/s1. The maximum absolute atomic E-state index is 15.2. The Kier molecular flexibility index (Phi) is 4.00. The number of hydrogen-bond donors (Lipinski definition) is 2. The summed E-state index contributed by atoms with van der Waals surface area (Å²) in [5, 5.41) is 12.0. The number of para-hydroxylation sites is 1. The van der Waals surface area contributed by atoms with Crippen LogP contribution in [0.25, 0.3) is 0 Å². The molecular weight excluding hydrogens is 347 g/mol. The fourth-order valence-electron chi connectivity index (χ4n) is 3.47. The zero-order valence-electron chi connectivity index (χ0n) is 14.4. The summed E-state index contributed by atoms with van der Waals surface area (Å²) in [6.07, 6.45) is 0.205. The van der Waals surface area contributed by atoms with E-state index in [2.05, 4.69) is 15.3 Å². The number of amides is 1. The van der Waals surface area contributed by atoms with Crippen LogP contribution >= 0.6 is 0 Å². The number of nitrogens with two attached hydrogens (primary N) is 1. The molecule has 1 aromatic carbocycles. The lowest BCUT2D eigenvalue weighted by atomic mass is 9.91. The summed E-state index contributed by atoms with van der Waals surface area (Å²) in [7, 11) is 0. The van der Waals surface area contributed by atoms with Crippen LogP contribution in [0.1, 0.15) is 28.0 Å².